The largest absolute Gasteiger partial charge is 0.446 e. The molecule has 5 nitrogen and oxygen atoms in total. The predicted molar refractivity (Wildman–Crippen MR) is 83.9 cm³/mol. The maximum atomic E-state index is 12.2. The molecule has 1 aliphatic rings. The molecule has 6 heteroatoms. The number of rotatable bonds is 3. The van der Waals surface area contributed by atoms with Crippen LogP contribution >= 0.6 is 11.3 Å². The van der Waals surface area contributed by atoms with Gasteiger partial charge in [-0.05, 0) is 12.1 Å². The molecule has 0 radical (unpaired) electrons. The summed E-state index contributed by atoms with van der Waals surface area (Å²) in [7, 11) is 0. The van der Waals surface area contributed by atoms with Gasteiger partial charge in [0.25, 0.3) is 0 Å². The van der Waals surface area contributed by atoms with Crippen LogP contribution in [0.1, 0.15) is 22.6 Å². The number of hydrogen-bond donors (Lipinski definition) is 0. The Kier molecular flexibility index (Phi) is 3.18. The summed E-state index contributed by atoms with van der Waals surface area (Å²) in [5.74, 6) is 1.68. The zero-order chi connectivity index (χ0) is 15.1. The highest BCUT2D eigenvalue weighted by Gasteiger charge is 2.34. The highest BCUT2D eigenvalue weighted by molar-refractivity contribution is 7.18. The third kappa shape index (κ3) is 2.39. The van der Waals surface area contributed by atoms with E-state index < -0.39 is 0 Å². The average Bonchev–Trinajstić information content (AvgIpc) is 3.03. The number of para-hydroxylation sites is 1. The number of oxazole rings is 1. The molecule has 112 valence electrons. The highest BCUT2D eigenvalue weighted by Crippen LogP contribution is 2.33. The smallest absolute Gasteiger partial charge is 0.230 e. The molecule has 1 aliphatic heterocycles. The SMILES string of the molecule is Cc1ncc(CC(=O)N2CC(c3nc4ccccc4s3)C2)o1. The van der Waals surface area contributed by atoms with Crippen molar-refractivity contribution >= 4 is 27.5 Å². The molecule has 1 amide bonds. The van der Waals surface area contributed by atoms with Crippen LogP contribution in [-0.4, -0.2) is 33.9 Å². The zero-order valence-corrected chi connectivity index (χ0v) is 13.0. The first-order valence-corrected chi connectivity index (χ1v) is 8.05. The minimum Gasteiger partial charge on any atom is -0.446 e. The van der Waals surface area contributed by atoms with Gasteiger partial charge in [0.05, 0.1) is 22.8 Å². The van der Waals surface area contributed by atoms with Crippen molar-refractivity contribution in [1.29, 1.82) is 0 Å². The van der Waals surface area contributed by atoms with Gasteiger partial charge in [-0.2, -0.15) is 0 Å². The molecule has 4 rings (SSSR count). The van der Waals surface area contributed by atoms with Crippen LogP contribution in [0.4, 0.5) is 0 Å². The Balaban J connectivity index is 1.40. The summed E-state index contributed by atoms with van der Waals surface area (Å²) in [5.41, 5.74) is 1.05. The lowest BCUT2D eigenvalue weighted by Gasteiger charge is -2.38. The van der Waals surface area contributed by atoms with Gasteiger partial charge in [-0.1, -0.05) is 12.1 Å². The van der Waals surface area contributed by atoms with E-state index in [-0.39, 0.29) is 12.3 Å². The van der Waals surface area contributed by atoms with Crippen LogP contribution in [0.25, 0.3) is 10.2 Å². The standard InChI is InChI=1S/C16H15N3O2S/c1-10-17-7-12(21-10)6-15(20)19-8-11(9-19)16-18-13-4-2-3-5-14(13)22-16/h2-5,7,11H,6,8-9H2,1H3. The van der Waals surface area contributed by atoms with E-state index in [9.17, 15) is 4.79 Å². The molecule has 0 aliphatic carbocycles. The van der Waals surface area contributed by atoms with Crippen molar-refractivity contribution in [2.75, 3.05) is 13.1 Å². The lowest BCUT2D eigenvalue weighted by atomic mass is 10.0. The third-order valence-electron chi connectivity index (χ3n) is 3.89. The summed E-state index contributed by atoms with van der Waals surface area (Å²) in [5, 5.41) is 1.13. The van der Waals surface area contributed by atoms with Gasteiger partial charge in [0.2, 0.25) is 5.91 Å². The molecule has 0 N–H and O–H groups in total. The van der Waals surface area contributed by atoms with Crippen LogP contribution in [0.5, 0.6) is 0 Å². The van der Waals surface area contributed by atoms with Crippen LogP contribution in [-0.2, 0) is 11.2 Å². The van der Waals surface area contributed by atoms with Crippen LogP contribution in [0.3, 0.4) is 0 Å². The number of aryl methyl sites for hydroxylation is 1. The maximum Gasteiger partial charge on any atom is 0.230 e. The number of carbonyl (C=O) groups excluding carboxylic acids is 1. The molecular weight excluding hydrogens is 298 g/mol. The van der Waals surface area contributed by atoms with Gasteiger partial charge in [-0.3, -0.25) is 4.79 Å². The number of thiazole rings is 1. The van der Waals surface area contributed by atoms with Gasteiger partial charge in [-0.15, -0.1) is 11.3 Å². The molecule has 3 heterocycles. The molecule has 1 aromatic carbocycles. The number of aromatic nitrogens is 2. The Hall–Kier alpha value is -2.21. The second-order valence-corrected chi connectivity index (χ2v) is 6.60. The topological polar surface area (TPSA) is 59.2 Å². The Morgan fingerprint density at radius 3 is 2.95 bits per heavy atom. The van der Waals surface area contributed by atoms with Crippen LogP contribution in [0, 0.1) is 6.92 Å². The average molecular weight is 313 g/mol. The molecule has 22 heavy (non-hydrogen) atoms. The Morgan fingerprint density at radius 2 is 2.23 bits per heavy atom. The molecule has 0 spiro atoms. The van der Waals surface area contributed by atoms with E-state index >= 15 is 0 Å². The summed E-state index contributed by atoms with van der Waals surface area (Å²) < 4.78 is 6.56. The fourth-order valence-electron chi connectivity index (χ4n) is 2.65. The molecule has 0 atom stereocenters. The van der Waals surface area contributed by atoms with Crippen molar-refractivity contribution in [2.24, 2.45) is 0 Å². The maximum absolute atomic E-state index is 12.2. The van der Waals surface area contributed by atoms with Crippen LogP contribution < -0.4 is 0 Å². The monoisotopic (exact) mass is 313 g/mol. The van der Waals surface area contributed by atoms with E-state index in [2.05, 4.69) is 16.0 Å². The molecule has 2 aromatic heterocycles. The summed E-state index contributed by atoms with van der Waals surface area (Å²) in [4.78, 5) is 22.7. The second-order valence-electron chi connectivity index (χ2n) is 5.54. The summed E-state index contributed by atoms with van der Waals surface area (Å²) in [6.07, 6.45) is 1.91. The fraction of sp³-hybridized carbons (Fsp3) is 0.312. The number of benzene rings is 1. The third-order valence-corrected chi connectivity index (χ3v) is 5.09. The van der Waals surface area contributed by atoms with Gasteiger partial charge in [0, 0.05) is 25.9 Å². The Labute approximate surface area is 131 Å². The van der Waals surface area contributed by atoms with Crippen molar-refractivity contribution in [2.45, 2.75) is 19.3 Å². The van der Waals surface area contributed by atoms with Crippen LogP contribution in [0.15, 0.2) is 34.9 Å². The number of fused-ring (bicyclic) bond motifs is 1. The van der Waals surface area contributed by atoms with Gasteiger partial charge >= 0.3 is 0 Å². The first-order chi connectivity index (χ1) is 10.7. The quantitative estimate of drug-likeness (QED) is 0.746. The van der Waals surface area contributed by atoms with E-state index in [0.29, 0.717) is 17.6 Å². The van der Waals surface area contributed by atoms with E-state index in [1.165, 1.54) is 4.70 Å². The lowest BCUT2D eigenvalue weighted by Crippen LogP contribution is -2.49. The van der Waals surface area contributed by atoms with Gasteiger partial charge in [0.15, 0.2) is 5.89 Å². The fourth-order valence-corrected chi connectivity index (χ4v) is 3.70. The van der Waals surface area contributed by atoms with Crippen molar-refractivity contribution in [3.05, 3.63) is 47.1 Å². The van der Waals surface area contributed by atoms with E-state index in [0.717, 1.165) is 23.6 Å². The van der Waals surface area contributed by atoms with Crippen molar-refractivity contribution < 1.29 is 9.21 Å². The molecule has 1 saturated heterocycles. The van der Waals surface area contributed by atoms with Crippen molar-refractivity contribution in [3.8, 4) is 0 Å². The second kappa shape index (κ2) is 5.21. The van der Waals surface area contributed by atoms with Crippen molar-refractivity contribution in [1.82, 2.24) is 14.9 Å². The minimum absolute atomic E-state index is 0.0912. The lowest BCUT2D eigenvalue weighted by molar-refractivity contribution is -0.135. The Bertz CT molecular complexity index is 800. The first-order valence-electron chi connectivity index (χ1n) is 7.23. The van der Waals surface area contributed by atoms with Gasteiger partial charge in [0.1, 0.15) is 10.8 Å². The van der Waals surface area contributed by atoms with E-state index in [1.807, 2.05) is 23.1 Å². The summed E-state index contributed by atoms with van der Waals surface area (Å²) in [6, 6.07) is 8.15. The number of likely N-dealkylation sites (tertiary alicyclic amines) is 1. The van der Waals surface area contributed by atoms with Gasteiger partial charge in [-0.25, -0.2) is 9.97 Å². The normalized spacial score (nSPS) is 15.2. The summed E-state index contributed by atoms with van der Waals surface area (Å²) >= 11 is 1.72. The molecule has 0 unspecified atom stereocenters. The highest BCUT2D eigenvalue weighted by atomic mass is 32.1. The van der Waals surface area contributed by atoms with E-state index in [1.54, 1.807) is 24.5 Å². The molecule has 3 aromatic rings. The minimum atomic E-state index is 0.0912. The van der Waals surface area contributed by atoms with Crippen molar-refractivity contribution in [3.63, 3.8) is 0 Å². The Morgan fingerprint density at radius 1 is 1.41 bits per heavy atom. The molecule has 0 saturated carbocycles. The molecular formula is C16H15N3O2S. The number of amides is 1. The summed E-state index contributed by atoms with van der Waals surface area (Å²) in [6.45, 7) is 3.26. The van der Waals surface area contributed by atoms with Crippen LogP contribution in [0.2, 0.25) is 0 Å². The van der Waals surface area contributed by atoms with Gasteiger partial charge < -0.3 is 9.32 Å². The molecule has 0 bridgehead atoms. The van der Waals surface area contributed by atoms with E-state index in [4.69, 9.17) is 4.42 Å². The number of carbonyl (C=O) groups is 1. The molecule has 1 fully saturated rings. The number of hydrogen-bond acceptors (Lipinski definition) is 5. The zero-order valence-electron chi connectivity index (χ0n) is 12.2. The predicted octanol–water partition coefficient (Wildman–Crippen LogP) is 2.76. The number of nitrogens with zero attached hydrogens (tertiary/aromatic N) is 3. The first kappa shape index (κ1) is 13.5.